The van der Waals surface area contributed by atoms with Crippen LogP contribution in [0.1, 0.15) is 37.2 Å². The topological polar surface area (TPSA) is 59.8 Å². The first kappa shape index (κ1) is 13.6. The molecule has 0 aromatic carbocycles. The van der Waals surface area contributed by atoms with Crippen molar-refractivity contribution < 1.29 is 18.7 Å². The molecule has 1 aromatic heterocycles. The number of furan rings is 1. The van der Waals surface area contributed by atoms with E-state index in [0.29, 0.717) is 18.3 Å². The number of hydrogen-bond acceptors (Lipinski definition) is 5. The first-order valence-electron chi connectivity index (χ1n) is 6.64. The lowest BCUT2D eigenvalue weighted by Gasteiger charge is -2.30. The average molecular weight is 265 g/mol. The molecule has 104 valence electrons. The Morgan fingerprint density at radius 1 is 1.37 bits per heavy atom. The lowest BCUT2D eigenvalue weighted by Crippen LogP contribution is -2.36. The van der Waals surface area contributed by atoms with E-state index < -0.39 is 0 Å². The Morgan fingerprint density at radius 2 is 2.05 bits per heavy atom. The molecular weight excluding hydrogens is 246 g/mol. The molecule has 2 heterocycles. The van der Waals surface area contributed by atoms with Gasteiger partial charge in [0, 0.05) is 26.1 Å². The molecule has 1 aliphatic rings. The zero-order valence-electron chi connectivity index (χ0n) is 11.3. The largest absolute Gasteiger partial charge is 0.466 e. The van der Waals surface area contributed by atoms with Gasteiger partial charge < -0.3 is 14.1 Å². The van der Waals surface area contributed by atoms with Crippen molar-refractivity contribution in [3.05, 3.63) is 17.9 Å². The Bertz CT molecular complexity index is 458. The number of hydrogen-bond donors (Lipinski definition) is 0. The molecule has 0 atom stereocenters. The highest BCUT2D eigenvalue weighted by Crippen LogP contribution is 2.26. The van der Waals surface area contributed by atoms with Crippen LogP contribution >= 0.6 is 0 Å². The van der Waals surface area contributed by atoms with E-state index in [1.807, 2.05) is 6.92 Å². The first-order valence-corrected chi connectivity index (χ1v) is 6.64. The van der Waals surface area contributed by atoms with Crippen LogP contribution in [0.25, 0.3) is 0 Å². The number of ether oxygens (including phenoxy) is 1. The number of Topliss-reactive ketones (excluding diaryl/α,β-unsaturated/α-hetero) is 1. The van der Waals surface area contributed by atoms with Crippen molar-refractivity contribution in [3.8, 4) is 0 Å². The van der Waals surface area contributed by atoms with E-state index in [-0.39, 0.29) is 17.7 Å². The Hall–Kier alpha value is -1.78. The van der Waals surface area contributed by atoms with E-state index >= 15 is 0 Å². The summed E-state index contributed by atoms with van der Waals surface area (Å²) < 4.78 is 10.5. The van der Waals surface area contributed by atoms with Crippen molar-refractivity contribution in [2.24, 2.45) is 5.92 Å². The predicted octanol–water partition coefficient (Wildman–Crippen LogP) is 2.26. The number of piperidine rings is 1. The van der Waals surface area contributed by atoms with E-state index in [9.17, 15) is 9.59 Å². The summed E-state index contributed by atoms with van der Waals surface area (Å²) in [6.45, 7) is 5.22. The van der Waals surface area contributed by atoms with Crippen LogP contribution in [0.3, 0.4) is 0 Å². The molecule has 0 amide bonds. The lowest BCUT2D eigenvalue weighted by atomic mass is 9.97. The van der Waals surface area contributed by atoms with Gasteiger partial charge in [0.25, 0.3) is 0 Å². The van der Waals surface area contributed by atoms with Gasteiger partial charge >= 0.3 is 5.97 Å². The zero-order valence-corrected chi connectivity index (χ0v) is 11.3. The summed E-state index contributed by atoms with van der Waals surface area (Å²) in [6.07, 6.45) is 1.52. The molecule has 0 bridgehead atoms. The van der Waals surface area contributed by atoms with Gasteiger partial charge in [-0.2, -0.15) is 0 Å². The van der Waals surface area contributed by atoms with Gasteiger partial charge in [-0.1, -0.05) is 0 Å². The predicted molar refractivity (Wildman–Crippen MR) is 70.3 cm³/mol. The summed E-state index contributed by atoms with van der Waals surface area (Å²) in [5.41, 5.74) is 0. The first-order chi connectivity index (χ1) is 9.11. The van der Waals surface area contributed by atoms with Gasteiger partial charge in [-0.25, -0.2) is 0 Å². The third-order valence-electron chi connectivity index (χ3n) is 3.37. The second-order valence-corrected chi connectivity index (χ2v) is 4.71. The van der Waals surface area contributed by atoms with Crippen LogP contribution in [-0.4, -0.2) is 31.4 Å². The summed E-state index contributed by atoms with van der Waals surface area (Å²) >= 11 is 0. The van der Waals surface area contributed by atoms with Crippen LogP contribution in [-0.2, 0) is 9.53 Å². The van der Waals surface area contributed by atoms with E-state index in [0.717, 1.165) is 25.9 Å². The highest BCUT2D eigenvalue weighted by atomic mass is 16.5. The smallest absolute Gasteiger partial charge is 0.309 e. The summed E-state index contributed by atoms with van der Waals surface area (Å²) in [4.78, 5) is 24.9. The Balaban J connectivity index is 1.92. The molecule has 1 saturated heterocycles. The third kappa shape index (κ3) is 3.16. The molecule has 1 aromatic rings. The fraction of sp³-hybridized carbons (Fsp3) is 0.571. The highest BCUT2D eigenvalue weighted by molar-refractivity contribution is 5.91. The van der Waals surface area contributed by atoms with Crippen molar-refractivity contribution in [2.75, 3.05) is 24.6 Å². The maximum Gasteiger partial charge on any atom is 0.309 e. The van der Waals surface area contributed by atoms with Crippen LogP contribution in [0, 0.1) is 5.92 Å². The molecule has 1 aliphatic heterocycles. The molecule has 5 nitrogen and oxygen atoms in total. The minimum Gasteiger partial charge on any atom is -0.466 e. The van der Waals surface area contributed by atoms with Gasteiger partial charge in [0.15, 0.2) is 17.4 Å². The third-order valence-corrected chi connectivity index (χ3v) is 3.37. The number of carbonyl (C=O) groups is 2. The summed E-state index contributed by atoms with van der Waals surface area (Å²) in [5.74, 6) is 0.882. The van der Waals surface area contributed by atoms with Crippen LogP contribution in [0.5, 0.6) is 0 Å². The van der Waals surface area contributed by atoms with Gasteiger partial charge in [0.2, 0.25) is 0 Å². The monoisotopic (exact) mass is 265 g/mol. The maximum atomic E-state index is 11.6. The van der Waals surface area contributed by atoms with Crippen LogP contribution < -0.4 is 4.90 Å². The summed E-state index contributed by atoms with van der Waals surface area (Å²) in [7, 11) is 0. The fourth-order valence-corrected chi connectivity index (χ4v) is 2.28. The van der Waals surface area contributed by atoms with Gasteiger partial charge in [-0.05, 0) is 25.8 Å². The number of anilines is 1. The minimum atomic E-state index is -0.106. The van der Waals surface area contributed by atoms with Crippen molar-refractivity contribution >= 4 is 17.6 Å². The SMILES string of the molecule is CCOC(=O)C1CCN(c2ccc(C(C)=O)o2)CC1. The number of esters is 1. The second kappa shape index (κ2) is 5.91. The van der Waals surface area contributed by atoms with E-state index in [4.69, 9.17) is 9.15 Å². The average Bonchev–Trinajstić information content (AvgIpc) is 2.89. The Morgan fingerprint density at radius 3 is 2.58 bits per heavy atom. The summed E-state index contributed by atoms with van der Waals surface area (Å²) in [6, 6.07) is 3.50. The maximum absolute atomic E-state index is 11.6. The van der Waals surface area contributed by atoms with Crippen LogP contribution in [0.2, 0.25) is 0 Å². The van der Waals surface area contributed by atoms with Crippen molar-refractivity contribution in [3.63, 3.8) is 0 Å². The van der Waals surface area contributed by atoms with Gasteiger partial charge in [-0.15, -0.1) is 0 Å². The molecule has 2 rings (SSSR count). The Labute approximate surface area is 112 Å². The molecule has 0 unspecified atom stereocenters. The number of rotatable bonds is 4. The van der Waals surface area contributed by atoms with Crippen LogP contribution in [0.4, 0.5) is 5.88 Å². The second-order valence-electron chi connectivity index (χ2n) is 4.71. The molecule has 0 N–H and O–H groups in total. The highest BCUT2D eigenvalue weighted by Gasteiger charge is 2.27. The number of nitrogens with zero attached hydrogens (tertiary/aromatic N) is 1. The zero-order chi connectivity index (χ0) is 13.8. The van der Waals surface area contributed by atoms with E-state index in [1.165, 1.54) is 6.92 Å². The van der Waals surface area contributed by atoms with E-state index in [2.05, 4.69) is 4.90 Å². The van der Waals surface area contributed by atoms with Crippen molar-refractivity contribution in [1.82, 2.24) is 0 Å². The Kier molecular flexibility index (Phi) is 4.24. The molecule has 0 radical (unpaired) electrons. The van der Waals surface area contributed by atoms with Crippen molar-refractivity contribution in [2.45, 2.75) is 26.7 Å². The molecular formula is C14H19NO4. The van der Waals surface area contributed by atoms with Gasteiger partial charge in [-0.3, -0.25) is 9.59 Å². The summed E-state index contributed by atoms with van der Waals surface area (Å²) in [5, 5.41) is 0. The number of ketones is 1. The number of carbonyl (C=O) groups excluding carboxylic acids is 2. The van der Waals surface area contributed by atoms with E-state index in [1.54, 1.807) is 12.1 Å². The molecule has 1 fully saturated rings. The molecule has 19 heavy (non-hydrogen) atoms. The quantitative estimate of drug-likeness (QED) is 0.617. The minimum absolute atomic E-state index is 0.0153. The molecule has 0 spiro atoms. The normalized spacial score (nSPS) is 16.4. The van der Waals surface area contributed by atoms with Gasteiger partial charge in [0.05, 0.1) is 12.5 Å². The van der Waals surface area contributed by atoms with Crippen molar-refractivity contribution in [1.29, 1.82) is 0 Å². The molecule has 0 aliphatic carbocycles. The molecule has 5 heteroatoms. The lowest BCUT2D eigenvalue weighted by molar-refractivity contribution is -0.148. The standard InChI is InChI=1S/C14H19NO4/c1-3-18-14(17)11-6-8-15(9-7-11)13-5-4-12(19-13)10(2)16/h4-5,11H,3,6-9H2,1-2H3. The molecule has 0 saturated carbocycles. The van der Waals surface area contributed by atoms with Crippen LogP contribution in [0.15, 0.2) is 16.5 Å². The van der Waals surface area contributed by atoms with Gasteiger partial charge in [0.1, 0.15) is 0 Å². The fourth-order valence-electron chi connectivity index (χ4n) is 2.28.